The van der Waals surface area contributed by atoms with Gasteiger partial charge < -0.3 is 5.11 Å². The Morgan fingerprint density at radius 1 is 0.905 bits per heavy atom. The molecule has 1 nitrogen and oxygen atoms in total. The molecule has 0 radical (unpaired) electrons. The Morgan fingerprint density at radius 2 is 1.52 bits per heavy atom. The van der Waals surface area contributed by atoms with Gasteiger partial charge in [0.05, 0.1) is 5.60 Å². The van der Waals surface area contributed by atoms with E-state index in [0.29, 0.717) is 6.42 Å². The lowest BCUT2D eigenvalue weighted by Gasteiger charge is -2.14. The van der Waals surface area contributed by atoms with E-state index in [1.54, 1.807) is 0 Å². The summed E-state index contributed by atoms with van der Waals surface area (Å²) in [5.74, 6) is 0. The standard InChI is InChI=1S/C20H34O/c1-16(2)9-8-10-17(3)11-12-18(4)15-19(5)13-14-20(6,7)21/h9,11,13,15,21H,8,10,12,14H2,1-7H3/b17-11+,18-15+,19-13+. The number of aliphatic hydroxyl groups is 1. The average molecular weight is 290 g/mol. The Bertz CT molecular complexity index is 421. The predicted octanol–water partition coefficient (Wildman–Crippen LogP) is 6.12. The lowest BCUT2D eigenvalue weighted by Crippen LogP contribution is -2.16. The normalized spacial score (nSPS) is 14.4. The number of allylic oxidation sites excluding steroid dienone is 7. The summed E-state index contributed by atoms with van der Waals surface area (Å²) in [7, 11) is 0. The van der Waals surface area contributed by atoms with E-state index in [0.717, 1.165) is 19.3 Å². The molecule has 21 heavy (non-hydrogen) atoms. The van der Waals surface area contributed by atoms with Crippen molar-refractivity contribution in [1.82, 2.24) is 0 Å². The highest BCUT2D eigenvalue weighted by atomic mass is 16.3. The minimum absolute atomic E-state index is 0.621. The quantitative estimate of drug-likeness (QED) is 0.421. The zero-order valence-electron chi connectivity index (χ0n) is 15.1. The van der Waals surface area contributed by atoms with Gasteiger partial charge in [0.2, 0.25) is 0 Å². The molecule has 120 valence electrons. The molecule has 0 rings (SSSR count). The smallest absolute Gasteiger partial charge is 0.0626 e. The molecule has 0 aliphatic carbocycles. The van der Waals surface area contributed by atoms with E-state index in [1.165, 1.54) is 22.3 Å². The van der Waals surface area contributed by atoms with Gasteiger partial charge in [-0.3, -0.25) is 0 Å². The maximum Gasteiger partial charge on any atom is 0.0626 e. The van der Waals surface area contributed by atoms with Crippen molar-refractivity contribution in [3.05, 3.63) is 46.6 Å². The van der Waals surface area contributed by atoms with Crippen LogP contribution in [0.3, 0.4) is 0 Å². The summed E-state index contributed by atoms with van der Waals surface area (Å²) in [6, 6.07) is 0. The monoisotopic (exact) mass is 290 g/mol. The molecule has 0 aromatic rings. The second kappa shape index (κ2) is 9.78. The van der Waals surface area contributed by atoms with Gasteiger partial charge in [0.15, 0.2) is 0 Å². The highest BCUT2D eigenvalue weighted by Crippen LogP contribution is 2.14. The summed E-state index contributed by atoms with van der Waals surface area (Å²) in [5.41, 5.74) is 4.82. The molecular formula is C20H34O. The third-order valence-electron chi connectivity index (χ3n) is 3.26. The average Bonchev–Trinajstić information content (AvgIpc) is 2.32. The lowest BCUT2D eigenvalue weighted by molar-refractivity contribution is 0.0837. The van der Waals surface area contributed by atoms with Crippen molar-refractivity contribution in [3.8, 4) is 0 Å². The molecule has 1 N–H and O–H groups in total. The van der Waals surface area contributed by atoms with Crippen LogP contribution in [0.4, 0.5) is 0 Å². The van der Waals surface area contributed by atoms with Gasteiger partial charge in [-0.05, 0) is 74.1 Å². The summed E-state index contributed by atoms with van der Waals surface area (Å²) in [6.07, 6.45) is 12.9. The topological polar surface area (TPSA) is 20.2 Å². The van der Waals surface area contributed by atoms with Crippen LogP contribution < -0.4 is 0 Å². The van der Waals surface area contributed by atoms with Gasteiger partial charge in [0.1, 0.15) is 0 Å². The van der Waals surface area contributed by atoms with Gasteiger partial charge in [0, 0.05) is 0 Å². The van der Waals surface area contributed by atoms with Gasteiger partial charge in [0.25, 0.3) is 0 Å². The van der Waals surface area contributed by atoms with E-state index in [4.69, 9.17) is 0 Å². The zero-order valence-corrected chi connectivity index (χ0v) is 15.1. The predicted molar refractivity (Wildman–Crippen MR) is 95.5 cm³/mol. The van der Waals surface area contributed by atoms with Crippen molar-refractivity contribution in [2.24, 2.45) is 0 Å². The zero-order chi connectivity index (χ0) is 16.5. The highest BCUT2D eigenvalue weighted by molar-refractivity contribution is 5.23. The Labute approximate surface area is 132 Å². The van der Waals surface area contributed by atoms with Crippen molar-refractivity contribution in [1.29, 1.82) is 0 Å². The van der Waals surface area contributed by atoms with Gasteiger partial charge in [-0.1, -0.05) is 46.6 Å². The molecule has 0 bridgehead atoms. The van der Waals surface area contributed by atoms with Crippen molar-refractivity contribution < 1.29 is 5.11 Å². The van der Waals surface area contributed by atoms with Crippen molar-refractivity contribution in [2.45, 2.75) is 79.8 Å². The van der Waals surface area contributed by atoms with Gasteiger partial charge in [-0.25, -0.2) is 0 Å². The van der Waals surface area contributed by atoms with E-state index in [1.807, 2.05) is 13.8 Å². The lowest BCUT2D eigenvalue weighted by atomic mass is 10.0. The second-order valence-corrected chi connectivity index (χ2v) is 7.03. The molecule has 1 heteroatoms. The van der Waals surface area contributed by atoms with Crippen LogP contribution in [-0.4, -0.2) is 10.7 Å². The summed E-state index contributed by atoms with van der Waals surface area (Å²) in [4.78, 5) is 0. The molecule has 0 aliphatic rings. The van der Waals surface area contributed by atoms with E-state index in [9.17, 15) is 5.11 Å². The van der Waals surface area contributed by atoms with Crippen molar-refractivity contribution in [2.75, 3.05) is 0 Å². The molecule has 0 aromatic carbocycles. The van der Waals surface area contributed by atoms with Gasteiger partial charge in [-0.15, -0.1) is 0 Å². The maximum atomic E-state index is 9.72. The van der Waals surface area contributed by atoms with E-state index >= 15 is 0 Å². The Balaban J connectivity index is 4.37. The summed E-state index contributed by atoms with van der Waals surface area (Å²) in [6.45, 7) is 14.5. The minimum Gasteiger partial charge on any atom is -0.390 e. The molecule has 0 atom stereocenters. The van der Waals surface area contributed by atoms with Gasteiger partial charge in [-0.2, -0.15) is 0 Å². The summed E-state index contributed by atoms with van der Waals surface area (Å²) < 4.78 is 0. The minimum atomic E-state index is -0.621. The molecule has 0 spiro atoms. The second-order valence-electron chi connectivity index (χ2n) is 7.03. The summed E-state index contributed by atoms with van der Waals surface area (Å²) in [5, 5.41) is 9.72. The first kappa shape index (κ1) is 19.9. The number of rotatable bonds is 8. The first-order chi connectivity index (χ1) is 9.60. The van der Waals surface area contributed by atoms with Crippen molar-refractivity contribution in [3.63, 3.8) is 0 Å². The molecule has 0 unspecified atom stereocenters. The number of hydrogen-bond acceptors (Lipinski definition) is 1. The first-order valence-corrected chi connectivity index (χ1v) is 7.95. The van der Waals surface area contributed by atoms with Crippen LogP contribution in [-0.2, 0) is 0 Å². The molecule has 0 aliphatic heterocycles. The molecule has 0 saturated carbocycles. The fourth-order valence-electron chi connectivity index (χ4n) is 1.94. The van der Waals surface area contributed by atoms with Crippen LogP contribution in [0.15, 0.2) is 46.6 Å². The van der Waals surface area contributed by atoms with E-state index in [-0.39, 0.29) is 0 Å². The third kappa shape index (κ3) is 13.7. The van der Waals surface area contributed by atoms with E-state index in [2.05, 4.69) is 58.9 Å². The van der Waals surface area contributed by atoms with Crippen LogP contribution >= 0.6 is 0 Å². The number of hydrogen-bond donors (Lipinski definition) is 1. The molecule has 0 aromatic heterocycles. The van der Waals surface area contributed by atoms with Crippen LogP contribution in [0.1, 0.15) is 74.1 Å². The fourth-order valence-corrected chi connectivity index (χ4v) is 1.94. The van der Waals surface area contributed by atoms with Crippen LogP contribution in [0.25, 0.3) is 0 Å². The first-order valence-electron chi connectivity index (χ1n) is 7.95. The molecule has 0 saturated heterocycles. The molecule has 0 fully saturated rings. The van der Waals surface area contributed by atoms with Gasteiger partial charge >= 0.3 is 0 Å². The largest absolute Gasteiger partial charge is 0.390 e. The fraction of sp³-hybridized carbons (Fsp3) is 0.600. The maximum absolute atomic E-state index is 9.72. The SMILES string of the molecule is CC(C)=CCC/C(C)=C/C/C(C)=C/C(C)=C/CC(C)(C)O. The molecule has 0 amide bonds. The Morgan fingerprint density at radius 3 is 2.05 bits per heavy atom. The van der Waals surface area contributed by atoms with Crippen molar-refractivity contribution >= 4 is 0 Å². The van der Waals surface area contributed by atoms with E-state index < -0.39 is 5.60 Å². The highest BCUT2D eigenvalue weighted by Gasteiger charge is 2.09. The van der Waals surface area contributed by atoms with Crippen LogP contribution in [0.2, 0.25) is 0 Å². The molecular weight excluding hydrogens is 256 g/mol. The molecule has 0 heterocycles. The Kier molecular flexibility index (Phi) is 9.28. The summed E-state index contributed by atoms with van der Waals surface area (Å²) >= 11 is 0. The third-order valence-corrected chi connectivity index (χ3v) is 3.26. The Hall–Kier alpha value is -1.08. The van der Waals surface area contributed by atoms with Crippen LogP contribution in [0.5, 0.6) is 0 Å². The van der Waals surface area contributed by atoms with Crippen LogP contribution in [0, 0.1) is 0 Å².